The van der Waals surface area contributed by atoms with Crippen molar-refractivity contribution in [1.29, 1.82) is 0 Å². The lowest BCUT2D eigenvalue weighted by molar-refractivity contribution is 0.0650. The summed E-state index contributed by atoms with van der Waals surface area (Å²) in [5.41, 5.74) is 0.372. The summed E-state index contributed by atoms with van der Waals surface area (Å²) in [6.07, 6.45) is 0. The number of aromatic nitrogens is 1. The van der Waals surface area contributed by atoms with Crippen LogP contribution in [0.2, 0.25) is 0 Å². The number of pyridine rings is 1. The fourth-order valence-corrected chi connectivity index (χ4v) is 1.43. The van der Waals surface area contributed by atoms with Crippen molar-refractivity contribution < 1.29 is 19.8 Å². The van der Waals surface area contributed by atoms with E-state index in [-0.39, 0.29) is 22.7 Å². The third-order valence-electron chi connectivity index (χ3n) is 2.26. The zero-order valence-corrected chi connectivity index (χ0v) is 9.31. The highest BCUT2D eigenvalue weighted by molar-refractivity contribution is 6.02. The van der Waals surface area contributed by atoms with Gasteiger partial charge in [-0.2, -0.15) is 0 Å². The van der Waals surface area contributed by atoms with Gasteiger partial charge in [0.15, 0.2) is 0 Å². The number of nitrogens with zero attached hydrogens (tertiary/aromatic N) is 1. The van der Waals surface area contributed by atoms with E-state index in [4.69, 9.17) is 10.2 Å². The molecule has 1 aromatic rings. The molecule has 0 unspecified atom stereocenters. The van der Waals surface area contributed by atoms with Gasteiger partial charge in [-0.15, -0.1) is 0 Å². The van der Waals surface area contributed by atoms with Crippen molar-refractivity contribution in [2.24, 2.45) is 0 Å². The second-order valence-corrected chi connectivity index (χ2v) is 3.82. The van der Waals surface area contributed by atoms with Crippen LogP contribution in [0, 0.1) is 6.92 Å². The van der Waals surface area contributed by atoms with Gasteiger partial charge in [-0.05, 0) is 18.9 Å². The first-order valence-corrected chi connectivity index (χ1v) is 4.82. The van der Waals surface area contributed by atoms with Crippen molar-refractivity contribution in [2.45, 2.75) is 26.7 Å². The first-order valence-electron chi connectivity index (χ1n) is 4.82. The number of carbonyl (C=O) groups is 2. The quantitative estimate of drug-likeness (QED) is 0.817. The number of hydrogen-bond acceptors (Lipinski definition) is 3. The molecule has 0 spiro atoms. The fraction of sp³-hybridized carbons (Fsp3) is 0.364. The van der Waals surface area contributed by atoms with Crippen LogP contribution in [0.4, 0.5) is 0 Å². The summed E-state index contributed by atoms with van der Waals surface area (Å²) in [6.45, 7) is 5.24. The minimum Gasteiger partial charge on any atom is -0.478 e. The van der Waals surface area contributed by atoms with Crippen molar-refractivity contribution in [2.75, 3.05) is 0 Å². The second kappa shape index (κ2) is 4.30. The monoisotopic (exact) mass is 223 g/mol. The molecule has 5 heteroatoms. The smallest absolute Gasteiger partial charge is 0.338 e. The van der Waals surface area contributed by atoms with E-state index in [1.54, 1.807) is 0 Å². The topological polar surface area (TPSA) is 87.5 Å². The van der Waals surface area contributed by atoms with Crippen LogP contribution >= 0.6 is 0 Å². The third-order valence-corrected chi connectivity index (χ3v) is 2.26. The van der Waals surface area contributed by atoms with E-state index in [1.165, 1.54) is 13.0 Å². The molecule has 0 fully saturated rings. The Hall–Kier alpha value is -1.91. The zero-order valence-electron chi connectivity index (χ0n) is 9.31. The van der Waals surface area contributed by atoms with Gasteiger partial charge in [0.25, 0.3) is 0 Å². The molecule has 0 aliphatic carbocycles. The van der Waals surface area contributed by atoms with Crippen LogP contribution in [0.3, 0.4) is 0 Å². The van der Waals surface area contributed by atoms with Crippen molar-refractivity contribution >= 4 is 11.9 Å². The first kappa shape index (κ1) is 12.2. The summed E-state index contributed by atoms with van der Waals surface area (Å²) < 4.78 is 0. The summed E-state index contributed by atoms with van der Waals surface area (Å²) in [4.78, 5) is 26.0. The lowest BCUT2D eigenvalue weighted by atomic mass is 10.0. The summed E-state index contributed by atoms with van der Waals surface area (Å²) in [5, 5.41) is 17.9. The molecule has 1 rings (SSSR count). The van der Waals surface area contributed by atoms with Gasteiger partial charge in [-0.25, -0.2) is 9.59 Å². The highest BCUT2D eigenvalue weighted by Gasteiger charge is 2.21. The Morgan fingerprint density at radius 1 is 1.25 bits per heavy atom. The second-order valence-electron chi connectivity index (χ2n) is 3.82. The predicted octanol–water partition coefficient (Wildman–Crippen LogP) is 1.91. The fourth-order valence-electron chi connectivity index (χ4n) is 1.43. The molecule has 1 aromatic heterocycles. The van der Waals surface area contributed by atoms with Gasteiger partial charge in [0.1, 0.15) is 0 Å². The Labute approximate surface area is 92.8 Å². The normalized spacial score (nSPS) is 10.5. The Balaban J connectivity index is 3.52. The molecule has 0 saturated heterocycles. The Morgan fingerprint density at radius 2 is 1.81 bits per heavy atom. The Bertz CT molecular complexity index is 452. The van der Waals surface area contributed by atoms with E-state index in [2.05, 4.69) is 4.98 Å². The number of hydrogen-bond donors (Lipinski definition) is 2. The van der Waals surface area contributed by atoms with E-state index in [9.17, 15) is 9.59 Å². The molecular formula is C11H13NO4. The summed E-state index contributed by atoms with van der Waals surface area (Å²) >= 11 is 0. The highest BCUT2D eigenvalue weighted by atomic mass is 16.4. The largest absolute Gasteiger partial charge is 0.478 e. The van der Waals surface area contributed by atoms with Gasteiger partial charge in [0.2, 0.25) is 0 Å². The van der Waals surface area contributed by atoms with Crippen LogP contribution in [0.25, 0.3) is 0 Å². The minimum absolute atomic E-state index is 0.0552. The van der Waals surface area contributed by atoms with Gasteiger partial charge in [-0.1, -0.05) is 13.8 Å². The van der Waals surface area contributed by atoms with Crippen molar-refractivity contribution in [3.8, 4) is 0 Å². The van der Waals surface area contributed by atoms with Gasteiger partial charge >= 0.3 is 11.9 Å². The summed E-state index contributed by atoms with van der Waals surface area (Å²) in [5.74, 6) is -2.46. The van der Waals surface area contributed by atoms with Crippen molar-refractivity contribution in [3.05, 3.63) is 28.6 Å². The lowest BCUT2D eigenvalue weighted by Gasteiger charge is -2.10. The lowest BCUT2D eigenvalue weighted by Crippen LogP contribution is -2.13. The third kappa shape index (κ3) is 2.18. The predicted molar refractivity (Wildman–Crippen MR) is 57.0 cm³/mol. The average Bonchev–Trinajstić information content (AvgIpc) is 2.15. The van der Waals surface area contributed by atoms with E-state index in [1.807, 2.05) is 13.8 Å². The van der Waals surface area contributed by atoms with Crippen LogP contribution in [0.5, 0.6) is 0 Å². The zero-order chi connectivity index (χ0) is 12.5. The summed E-state index contributed by atoms with van der Waals surface area (Å²) in [6, 6.07) is 1.32. The maximum atomic E-state index is 11.0. The van der Waals surface area contributed by atoms with Crippen LogP contribution in [0.1, 0.15) is 51.9 Å². The molecule has 0 aliphatic rings. The molecule has 86 valence electrons. The van der Waals surface area contributed by atoms with Crippen molar-refractivity contribution in [3.63, 3.8) is 0 Å². The highest BCUT2D eigenvalue weighted by Crippen LogP contribution is 2.19. The number of rotatable bonds is 3. The van der Waals surface area contributed by atoms with Gasteiger partial charge in [-0.3, -0.25) is 4.98 Å². The van der Waals surface area contributed by atoms with E-state index < -0.39 is 11.9 Å². The SMILES string of the molecule is Cc1nc(C(C)C)cc(C(=O)O)c1C(=O)O. The maximum Gasteiger partial charge on any atom is 0.338 e. The molecule has 1 heterocycles. The molecular weight excluding hydrogens is 210 g/mol. The maximum absolute atomic E-state index is 11.0. The van der Waals surface area contributed by atoms with Crippen LogP contribution in [-0.4, -0.2) is 27.1 Å². The van der Waals surface area contributed by atoms with Crippen LogP contribution < -0.4 is 0 Å². The molecule has 0 aliphatic heterocycles. The minimum atomic E-state index is -1.27. The molecule has 0 atom stereocenters. The molecule has 0 aromatic carbocycles. The number of aromatic carboxylic acids is 2. The Kier molecular flexibility index (Phi) is 3.27. The molecule has 2 N–H and O–H groups in total. The standard InChI is InChI=1S/C11H13NO4/c1-5(2)8-4-7(10(13)14)9(11(15)16)6(3)12-8/h4-5H,1-3H3,(H,13,14)(H,15,16). The van der Waals surface area contributed by atoms with Crippen molar-refractivity contribution in [1.82, 2.24) is 4.98 Å². The number of aryl methyl sites for hydroxylation is 1. The first-order chi connectivity index (χ1) is 7.34. The van der Waals surface area contributed by atoms with E-state index >= 15 is 0 Å². The molecule has 16 heavy (non-hydrogen) atoms. The Morgan fingerprint density at radius 3 is 2.19 bits per heavy atom. The molecule has 0 amide bonds. The molecule has 0 saturated carbocycles. The molecule has 0 bridgehead atoms. The number of carboxylic acid groups (broad SMARTS) is 2. The van der Waals surface area contributed by atoms with Gasteiger partial charge in [0.05, 0.1) is 16.8 Å². The summed E-state index contributed by atoms with van der Waals surface area (Å²) in [7, 11) is 0. The van der Waals surface area contributed by atoms with Gasteiger partial charge < -0.3 is 10.2 Å². The van der Waals surface area contributed by atoms with Crippen LogP contribution in [-0.2, 0) is 0 Å². The van der Waals surface area contributed by atoms with Crippen LogP contribution in [0.15, 0.2) is 6.07 Å². The molecule has 5 nitrogen and oxygen atoms in total. The number of carboxylic acids is 2. The van der Waals surface area contributed by atoms with Gasteiger partial charge in [0, 0.05) is 5.69 Å². The van der Waals surface area contributed by atoms with E-state index in [0.717, 1.165) is 0 Å². The molecule has 0 radical (unpaired) electrons. The van der Waals surface area contributed by atoms with E-state index in [0.29, 0.717) is 5.69 Å². The average molecular weight is 223 g/mol.